The number of H-pyrrole nitrogens is 1. The third-order valence-corrected chi connectivity index (χ3v) is 11.7. The van der Waals surface area contributed by atoms with Crippen LogP contribution < -0.4 is 0 Å². The second kappa shape index (κ2) is 18.3. The van der Waals surface area contributed by atoms with E-state index in [9.17, 15) is 9.59 Å². The molecule has 4 heterocycles. The summed E-state index contributed by atoms with van der Waals surface area (Å²) in [7, 11) is 9.72. The molecule has 1 N–H and O–H groups in total. The molecule has 11 heteroatoms. The van der Waals surface area contributed by atoms with E-state index < -0.39 is 0 Å². The predicted molar refractivity (Wildman–Crippen MR) is 224 cm³/mol. The lowest BCUT2D eigenvalue weighted by atomic mass is 10.0. The van der Waals surface area contributed by atoms with E-state index in [1.54, 1.807) is 7.11 Å². The molecule has 2 amide bonds. The molecule has 2 aliphatic rings. The van der Waals surface area contributed by atoms with Crippen molar-refractivity contribution in [3.8, 4) is 33.6 Å². The van der Waals surface area contributed by atoms with E-state index in [4.69, 9.17) is 14.7 Å². The summed E-state index contributed by atoms with van der Waals surface area (Å²) in [6.45, 7) is 11.5. The van der Waals surface area contributed by atoms with Gasteiger partial charge in [-0.3, -0.25) is 19.4 Å². The maximum absolute atomic E-state index is 13.9. The third kappa shape index (κ3) is 8.80. The number of aromatic amines is 1. The molecule has 2 fully saturated rings. The Labute approximate surface area is 334 Å². The van der Waals surface area contributed by atoms with Gasteiger partial charge in [0.05, 0.1) is 47.9 Å². The molecule has 11 nitrogen and oxygen atoms in total. The lowest BCUT2D eigenvalue weighted by Crippen LogP contribution is -2.48. The zero-order valence-corrected chi connectivity index (χ0v) is 35.2. The van der Waals surface area contributed by atoms with Gasteiger partial charge in [0.2, 0.25) is 11.8 Å². The summed E-state index contributed by atoms with van der Waals surface area (Å²) in [6.07, 6.45) is 9.59. The highest BCUT2D eigenvalue weighted by Gasteiger charge is 2.39. The van der Waals surface area contributed by atoms with E-state index >= 15 is 0 Å². The minimum Gasteiger partial charge on any atom is -0.385 e. The number of carbonyl (C=O) groups is 2. The summed E-state index contributed by atoms with van der Waals surface area (Å²) in [5.41, 5.74) is 6.45. The zero-order chi connectivity index (χ0) is 40.1. The number of aromatic nitrogens is 4. The fourth-order valence-electron chi connectivity index (χ4n) is 9.12. The van der Waals surface area contributed by atoms with Crippen molar-refractivity contribution in [2.75, 3.05) is 55.0 Å². The van der Waals surface area contributed by atoms with Crippen LogP contribution in [0.4, 0.5) is 0 Å². The Morgan fingerprint density at radius 2 is 1.25 bits per heavy atom. The monoisotopic (exact) mass is 765 g/mol. The van der Waals surface area contributed by atoms with Crippen LogP contribution in [-0.2, 0) is 20.9 Å². The van der Waals surface area contributed by atoms with Crippen LogP contribution in [0.25, 0.3) is 33.6 Å². The number of amides is 2. The van der Waals surface area contributed by atoms with Crippen LogP contribution in [0.3, 0.4) is 0 Å². The molecule has 6 rings (SSSR count). The van der Waals surface area contributed by atoms with Gasteiger partial charge in [0.1, 0.15) is 11.6 Å². The third-order valence-electron chi connectivity index (χ3n) is 11.7. The van der Waals surface area contributed by atoms with Crippen molar-refractivity contribution in [1.29, 1.82) is 0 Å². The van der Waals surface area contributed by atoms with Gasteiger partial charge in [-0.05, 0) is 101 Å². The van der Waals surface area contributed by atoms with Crippen LogP contribution in [-0.4, -0.2) is 118 Å². The average molecular weight is 765 g/mol. The molecule has 2 aliphatic heterocycles. The second-order valence-electron chi connectivity index (χ2n) is 16.9. The number of hydrogen-bond donors (Lipinski definition) is 1. The van der Waals surface area contributed by atoms with Crippen molar-refractivity contribution in [3.05, 3.63) is 72.6 Å². The first kappa shape index (κ1) is 41.3. The number of benzene rings is 2. The predicted octanol–water partition coefficient (Wildman–Crippen LogP) is 7.53. The summed E-state index contributed by atoms with van der Waals surface area (Å²) < 4.78 is 7.71. The quantitative estimate of drug-likeness (QED) is 0.118. The van der Waals surface area contributed by atoms with Crippen LogP contribution in [0.2, 0.25) is 0 Å². The van der Waals surface area contributed by atoms with Gasteiger partial charge in [-0.1, -0.05) is 76.2 Å². The van der Waals surface area contributed by atoms with Gasteiger partial charge >= 0.3 is 0 Å². The number of nitrogens with one attached hydrogen (secondary N) is 1. The molecular weight excluding hydrogens is 701 g/mol. The average Bonchev–Trinajstić information content (AvgIpc) is 3.99. The van der Waals surface area contributed by atoms with E-state index in [0.717, 1.165) is 110 Å². The first-order valence-corrected chi connectivity index (χ1v) is 20.7. The molecule has 56 heavy (non-hydrogen) atoms. The minimum absolute atomic E-state index is 0.0344. The van der Waals surface area contributed by atoms with E-state index in [2.05, 4.69) is 95.6 Å². The molecule has 0 spiro atoms. The molecule has 4 aromatic rings. The largest absolute Gasteiger partial charge is 0.385 e. The lowest BCUT2D eigenvalue weighted by molar-refractivity contribution is -0.139. The highest BCUT2D eigenvalue weighted by Crippen LogP contribution is 2.37. The zero-order valence-electron chi connectivity index (χ0n) is 35.2. The standard InChI is InChI=1S/C45H64N8O3/c1-30(2)40(49(5)6)44(54)52-25-12-14-37(52)42-46-28-36(48-42)34-20-16-32(17-21-34)33-18-22-35(23-19-33)39-29-47-43(51(39)24-10-11-27-56-9)38-15-13-26-53(38)45(55)41(31(3)4)50(7)8/h16-23,28-31,37-38,40-41H,10-15,24-27H2,1-9H3,(H,46,48)/t37-,38-,40-,41-/m0/s1. The molecule has 0 radical (unpaired) electrons. The van der Waals surface area contributed by atoms with Crippen molar-refractivity contribution in [2.24, 2.45) is 11.8 Å². The number of likely N-dealkylation sites (N-methyl/N-ethyl adjacent to an activating group) is 2. The summed E-state index contributed by atoms with van der Waals surface area (Å²) in [4.78, 5) is 49.1. The number of carbonyl (C=O) groups excluding carboxylic acids is 2. The van der Waals surface area contributed by atoms with Crippen LogP contribution in [0, 0.1) is 11.8 Å². The Balaban J connectivity index is 1.19. The summed E-state index contributed by atoms with van der Waals surface area (Å²) >= 11 is 0. The van der Waals surface area contributed by atoms with Gasteiger partial charge in [0.15, 0.2) is 0 Å². The van der Waals surface area contributed by atoms with E-state index in [1.165, 1.54) is 0 Å². The maximum atomic E-state index is 13.9. The molecule has 0 saturated carbocycles. The molecule has 302 valence electrons. The molecule has 2 aromatic carbocycles. The number of methoxy groups -OCH3 is 1. The Kier molecular flexibility index (Phi) is 13.5. The summed E-state index contributed by atoms with van der Waals surface area (Å²) in [5, 5.41) is 0. The van der Waals surface area contributed by atoms with Crippen molar-refractivity contribution in [3.63, 3.8) is 0 Å². The normalized spacial score (nSPS) is 18.6. The number of ether oxygens (including phenoxy) is 1. The maximum Gasteiger partial charge on any atom is 0.240 e. The van der Waals surface area contributed by atoms with Crippen LogP contribution in [0.15, 0.2) is 60.9 Å². The van der Waals surface area contributed by atoms with Gasteiger partial charge in [-0.2, -0.15) is 0 Å². The minimum atomic E-state index is -0.162. The smallest absolute Gasteiger partial charge is 0.240 e. The van der Waals surface area contributed by atoms with Gasteiger partial charge in [-0.15, -0.1) is 0 Å². The van der Waals surface area contributed by atoms with Gasteiger partial charge in [-0.25, -0.2) is 9.97 Å². The fourth-order valence-corrected chi connectivity index (χ4v) is 9.12. The number of hydrogen-bond acceptors (Lipinski definition) is 7. The molecule has 0 aliphatic carbocycles. The van der Waals surface area contributed by atoms with Crippen LogP contribution in [0.1, 0.15) is 90.0 Å². The first-order valence-electron chi connectivity index (χ1n) is 20.7. The Bertz CT molecular complexity index is 1880. The van der Waals surface area contributed by atoms with Crippen molar-refractivity contribution >= 4 is 11.8 Å². The topological polar surface area (TPSA) is 103 Å². The van der Waals surface area contributed by atoms with Crippen LogP contribution in [0.5, 0.6) is 0 Å². The summed E-state index contributed by atoms with van der Waals surface area (Å²) in [5.74, 6) is 2.65. The molecule has 0 bridgehead atoms. The fraction of sp³-hybridized carbons (Fsp3) is 0.556. The Hall–Kier alpha value is -4.32. The van der Waals surface area contributed by atoms with Crippen molar-refractivity contribution in [2.45, 2.75) is 96.9 Å². The first-order chi connectivity index (χ1) is 26.9. The number of likely N-dealkylation sites (tertiary alicyclic amines) is 2. The van der Waals surface area contributed by atoms with Crippen molar-refractivity contribution < 1.29 is 14.3 Å². The molecule has 2 aromatic heterocycles. The Morgan fingerprint density at radius 1 is 0.732 bits per heavy atom. The van der Waals surface area contributed by atoms with E-state index in [0.29, 0.717) is 0 Å². The molecule has 2 saturated heterocycles. The van der Waals surface area contributed by atoms with Crippen LogP contribution >= 0.6 is 0 Å². The highest BCUT2D eigenvalue weighted by molar-refractivity contribution is 5.83. The van der Waals surface area contributed by atoms with E-state index in [-0.39, 0.29) is 47.8 Å². The number of imidazole rings is 2. The molecular formula is C45H64N8O3. The lowest BCUT2D eigenvalue weighted by Gasteiger charge is -2.34. The number of rotatable bonds is 16. The SMILES string of the molecule is COCCCCn1c(-c2ccc(-c3ccc(-c4cnc([C@@H]5CCCN5C(=O)[C@H](C(C)C)N(C)C)[nH]4)cc3)cc2)cnc1[C@@H]1CCCN1C(=O)[C@H](C(C)C)N(C)C. The summed E-state index contributed by atoms with van der Waals surface area (Å²) in [6, 6.07) is 16.9. The van der Waals surface area contributed by atoms with Gasteiger partial charge < -0.3 is 24.1 Å². The van der Waals surface area contributed by atoms with Crippen molar-refractivity contribution in [1.82, 2.24) is 39.1 Å². The van der Waals surface area contributed by atoms with Gasteiger partial charge in [0.25, 0.3) is 0 Å². The molecule has 4 atom stereocenters. The highest BCUT2D eigenvalue weighted by atomic mass is 16.5. The Morgan fingerprint density at radius 3 is 1.79 bits per heavy atom. The van der Waals surface area contributed by atoms with E-state index in [1.807, 2.05) is 50.4 Å². The second-order valence-corrected chi connectivity index (χ2v) is 16.9. The van der Waals surface area contributed by atoms with Gasteiger partial charge in [0, 0.05) is 33.4 Å². The number of nitrogens with zero attached hydrogens (tertiary/aromatic N) is 7. The molecule has 0 unspecified atom stereocenters. The number of unbranched alkanes of at least 4 members (excludes halogenated alkanes) is 1.